The Morgan fingerprint density at radius 2 is 1.88 bits per heavy atom. The number of hydrogen-bond acceptors (Lipinski definition) is 3. The number of ether oxygens (including phenoxy) is 1. The van der Waals surface area contributed by atoms with Crippen molar-refractivity contribution in [1.82, 2.24) is 0 Å². The van der Waals surface area contributed by atoms with Gasteiger partial charge in [0.25, 0.3) is 0 Å². The highest BCUT2D eigenvalue weighted by atomic mass is 35.5. The third kappa shape index (κ3) is 5.98. The minimum atomic E-state index is -4.43. The average molecular weight is 371 g/mol. The topological polar surface area (TPSA) is 33.6 Å². The molecule has 7 heteroatoms. The molecule has 0 spiro atoms. The van der Waals surface area contributed by atoms with Gasteiger partial charge in [0.05, 0.1) is 29.1 Å². The number of halogens is 4. The minimum Gasteiger partial charge on any atom is -0.494 e. The zero-order valence-electron chi connectivity index (χ0n) is 13.6. The monoisotopic (exact) mass is 370 g/mol. The van der Waals surface area contributed by atoms with Crippen molar-refractivity contribution in [2.75, 3.05) is 12.0 Å². The largest absolute Gasteiger partial charge is 0.494 e. The molecule has 2 aromatic carbocycles. The van der Waals surface area contributed by atoms with Crippen molar-refractivity contribution in [2.24, 2.45) is 5.10 Å². The Morgan fingerprint density at radius 1 is 1.16 bits per heavy atom. The van der Waals surface area contributed by atoms with Gasteiger partial charge in [-0.15, -0.1) is 0 Å². The molecule has 3 nitrogen and oxygen atoms in total. The number of benzene rings is 2. The first-order chi connectivity index (χ1) is 11.9. The number of rotatable bonds is 7. The first kappa shape index (κ1) is 19.1. The van der Waals surface area contributed by atoms with Crippen LogP contribution in [0.1, 0.15) is 30.9 Å². The maximum Gasteiger partial charge on any atom is 0.416 e. The van der Waals surface area contributed by atoms with Crippen LogP contribution in [0.2, 0.25) is 5.02 Å². The standard InChI is InChI=1S/C18H18ClF3N2O/c1-2-3-10-25-15-7-4-13(5-8-15)12-23-24-17-11-14(18(20,21)22)6-9-16(17)19/h4-9,11-12,24H,2-3,10H2,1H3/b23-12-. The highest BCUT2D eigenvalue weighted by Gasteiger charge is 2.30. The van der Waals surface area contributed by atoms with E-state index in [2.05, 4.69) is 17.5 Å². The summed E-state index contributed by atoms with van der Waals surface area (Å²) >= 11 is 5.89. The molecule has 0 amide bonds. The predicted molar refractivity (Wildman–Crippen MR) is 94.5 cm³/mol. The van der Waals surface area contributed by atoms with Gasteiger partial charge in [-0.1, -0.05) is 24.9 Å². The van der Waals surface area contributed by atoms with Gasteiger partial charge in [-0.3, -0.25) is 5.43 Å². The quantitative estimate of drug-likeness (QED) is 0.369. The lowest BCUT2D eigenvalue weighted by Gasteiger charge is -2.09. The van der Waals surface area contributed by atoms with Gasteiger partial charge in [0.15, 0.2) is 0 Å². The zero-order valence-corrected chi connectivity index (χ0v) is 14.4. The molecule has 134 valence electrons. The normalized spacial score (nSPS) is 11.7. The molecule has 25 heavy (non-hydrogen) atoms. The van der Waals surface area contributed by atoms with E-state index in [1.807, 2.05) is 12.1 Å². The van der Waals surface area contributed by atoms with Crippen molar-refractivity contribution < 1.29 is 17.9 Å². The first-order valence-electron chi connectivity index (χ1n) is 7.79. The lowest BCUT2D eigenvalue weighted by Crippen LogP contribution is -2.05. The average Bonchev–Trinajstić information content (AvgIpc) is 2.57. The molecule has 0 heterocycles. The fourth-order valence-electron chi connectivity index (χ4n) is 1.95. The lowest BCUT2D eigenvalue weighted by molar-refractivity contribution is -0.137. The number of nitrogens with one attached hydrogen (secondary N) is 1. The molecule has 1 N–H and O–H groups in total. The van der Waals surface area contributed by atoms with Crippen LogP contribution in [0, 0.1) is 0 Å². The minimum absolute atomic E-state index is 0.0901. The number of unbranched alkanes of at least 4 members (excludes halogenated alkanes) is 1. The summed E-state index contributed by atoms with van der Waals surface area (Å²) in [4.78, 5) is 0. The van der Waals surface area contributed by atoms with Gasteiger partial charge in [0, 0.05) is 0 Å². The van der Waals surface area contributed by atoms with E-state index < -0.39 is 11.7 Å². The molecular formula is C18H18ClF3N2O. The van der Waals surface area contributed by atoms with E-state index in [0.717, 1.165) is 36.3 Å². The highest BCUT2D eigenvalue weighted by Crippen LogP contribution is 2.33. The number of nitrogens with zero attached hydrogens (tertiary/aromatic N) is 1. The number of anilines is 1. The Morgan fingerprint density at radius 3 is 2.52 bits per heavy atom. The Balaban J connectivity index is 1.99. The van der Waals surface area contributed by atoms with E-state index in [4.69, 9.17) is 16.3 Å². The van der Waals surface area contributed by atoms with E-state index in [0.29, 0.717) is 6.61 Å². The van der Waals surface area contributed by atoms with Crippen molar-refractivity contribution in [3.63, 3.8) is 0 Å². The molecule has 0 aromatic heterocycles. The van der Waals surface area contributed by atoms with E-state index in [1.165, 1.54) is 12.3 Å². The first-order valence-corrected chi connectivity index (χ1v) is 8.16. The summed E-state index contributed by atoms with van der Waals surface area (Å²) < 4.78 is 43.7. The molecule has 2 aromatic rings. The Labute approximate surface area is 149 Å². The number of alkyl halides is 3. The van der Waals surface area contributed by atoms with Crippen molar-refractivity contribution in [1.29, 1.82) is 0 Å². The fraction of sp³-hybridized carbons (Fsp3) is 0.278. The van der Waals surface area contributed by atoms with Gasteiger partial charge in [0.1, 0.15) is 5.75 Å². The van der Waals surface area contributed by atoms with E-state index in [1.54, 1.807) is 12.1 Å². The van der Waals surface area contributed by atoms with Crippen molar-refractivity contribution in [2.45, 2.75) is 25.9 Å². The van der Waals surface area contributed by atoms with Gasteiger partial charge >= 0.3 is 6.18 Å². The molecular weight excluding hydrogens is 353 g/mol. The lowest BCUT2D eigenvalue weighted by atomic mass is 10.2. The summed E-state index contributed by atoms with van der Waals surface area (Å²) in [5, 5.41) is 4.09. The number of hydrogen-bond donors (Lipinski definition) is 1. The van der Waals surface area contributed by atoms with Crippen LogP contribution in [0.3, 0.4) is 0 Å². The molecule has 0 aliphatic carbocycles. The Bertz CT molecular complexity index is 715. The Kier molecular flexibility index (Phi) is 6.70. The van der Waals surface area contributed by atoms with Crippen molar-refractivity contribution in [3.8, 4) is 5.75 Å². The molecule has 0 radical (unpaired) electrons. The second kappa shape index (κ2) is 8.76. The summed E-state index contributed by atoms with van der Waals surface area (Å²) in [6.07, 6.45) is -0.885. The van der Waals surface area contributed by atoms with Gasteiger partial charge in [-0.05, 0) is 54.4 Å². The predicted octanol–water partition coefficient (Wildman–Crippen LogP) is 5.98. The van der Waals surface area contributed by atoms with Gasteiger partial charge in [-0.25, -0.2) is 0 Å². The highest BCUT2D eigenvalue weighted by molar-refractivity contribution is 6.33. The van der Waals surface area contributed by atoms with Crippen LogP contribution in [0.15, 0.2) is 47.6 Å². The van der Waals surface area contributed by atoms with Crippen LogP contribution in [-0.4, -0.2) is 12.8 Å². The van der Waals surface area contributed by atoms with Gasteiger partial charge < -0.3 is 4.74 Å². The van der Waals surface area contributed by atoms with E-state index in [-0.39, 0.29) is 10.7 Å². The summed E-state index contributed by atoms with van der Waals surface area (Å²) in [7, 11) is 0. The molecule has 2 rings (SSSR count). The molecule has 0 fully saturated rings. The van der Waals surface area contributed by atoms with Crippen LogP contribution >= 0.6 is 11.6 Å². The SMILES string of the molecule is CCCCOc1ccc(/C=N\Nc2cc(C(F)(F)F)ccc2Cl)cc1. The molecule has 0 saturated heterocycles. The third-order valence-electron chi connectivity index (χ3n) is 3.34. The maximum atomic E-state index is 12.7. The summed E-state index contributed by atoms with van der Waals surface area (Å²) in [6, 6.07) is 10.3. The van der Waals surface area contributed by atoms with Crippen molar-refractivity contribution >= 4 is 23.5 Å². The number of hydrazone groups is 1. The second-order valence-electron chi connectivity index (χ2n) is 5.33. The molecule has 0 bridgehead atoms. The molecule has 0 atom stereocenters. The fourth-order valence-corrected chi connectivity index (χ4v) is 2.11. The second-order valence-corrected chi connectivity index (χ2v) is 5.74. The molecule has 0 saturated carbocycles. The summed E-state index contributed by atoms with van der Waals surface area (Å²) in [6.45, 7) is 2.76. The van der Waals surface area contributed by atoms with Crippen molar-refractivity contribution in [3.05, 3.63) is 58.6 Å². The smallest absolute Gasteiger partial charge is 0.416 e. The van der Waals surface area contributed by atoms with Crippen LogP contribution in [0.25, 0.3) is 0 Å². The third-order valence-corrected chi connectivity index (χ3v) is 3.67. The molecule has 0 aliphatic heterocycles. The summed E-state index contributed by atoms with van der Waals surface area (Å²) in [5.74, 6) is 0.763. The molecule has 0 unspecified atom stereocenters. The van der Waals surface area contributed by atoms with E-state index in [9.17, 15) is 13.2 Å². The van der Waals surface area contributed by atoms with Crippen LogP contribution in [0.4, 0.5) is 18.9 Å². The Hall–Kier alpha value is -2.21. The zero-order chi connectivity index (χ0) is 18.3. The van der Waals surface area contributed by atoms with E-state index >= 15 is 0 Å². The maximum absolute atomic E-state index is 12.7. The van der Waals surface area contributed by atoms with Gasteiger partial charge in [-0.2, -0.15) is 18.3 Å². The van der Waals surface area contributed by atoms with Crippen LogP contribution in [-0.2, 0) is 6.18 Å². The van der Waals surface area contributed by atoms with Crippen LogP contribution < -0.4 is 10.2 Å². The summed E-state index contributed by atoms with van der Waals surface area (Å²) in [5.41, 5.74) is 2.61. The molecule has 0 aliphatic rings. The van der Waals surface area contributed by atoms with Crippen LogP contribution in [0.5, 0.6) is 5.75 Å². The van der Waals surface area contributed by atoms with Gasteiger partial charge in [0.2, 0.25) is 0 Å².